The second-order valence-corrected chi connectivity index (χ2v) is 39.4. The maximum atomic E-state index is 14.0. The molecular formula is C100H112F4N6O14S2. The van der Waals surface area contributed by atoms with Gasteiger partial charge in [0, 0.05) is 123 Å². The van der Waals surface area contributed by atoms with Crippen LogP contribution in [0.1, 0.15) is 185 Å². The Hall–Kier alpha value is -10.7. The summed E-state index contributed by atoms with van der Waals surface area (Å²) in [5, 5.41) is 19.2. The molecule has 8 aromatic rings. The van der Waals surface area contributed by atoms with Gasteiger partial charge in [-0.1, -0.05) is 133 Å². The highest BCUT2D eigenvalue weighted by Crippen LogP contribution is 2.50. The van der Waals surface area contributed by atoms with Gasteiger partial charge in [-0.05, 0) is 222 Å². The summed E-state index contributed by atoms with van der Waals surface area (Å²) >= 11 is 0. The highest BCUT2D eigenvalue weighted by Gasteiger charge is 2.52. The van der Waals surface area contributed by atoms with E-state index in [1.165, 1.54) is 46.6 Å². The second kappa shape index (κ2) is 38.4. The Kier molecular flexibility index (Phi) is 27.9. The minimum Gasteiger partial charge on any atom is -0.488 e. The molecule has 0 unspecified atom stereocenters. The Morgan fingerprint density at radius 2 is 0.659 bits per heavy atom. The van der Waals surface area contributed by atoms with Gasteiger partial charge in [-0.15, -0.1) is 0 Å². The van der Waals surface area contributed by atoms with E-state index in [2.05, 4.69) is 47.2 Å². The third-order valence-corrected chi connectivity index (χ3v) is 27.1. The van der Waals surface area contributed by atoms with Crippen molar-refractivity contribution in [3.63, 3.8) is 0 Å². The lowest BCUT2D eigenvalue weighted by molar-refractivity contribution is -0.151. The number of piperidine rings is 4. The SMILES string of the molecule is CC(C)(CN1CCC(=C2c3ccc(F)cc3COc3ccccc32)CC1)C(=O)NS(C)(=O)=O.CC(C)(CN1CCC(=C2c3ccc(F)cc3COc3ccccc32)CC1)C(=O)O.CCC(CC)(CN1CCC(=C2c3ccc(F)cc3COc3ccccc32)CC1)C(=O)O.CS(=O)(=O)NC(=O)C1(CN2CCC(=C3c4ccc(F)cc4COc4ccccc43)CC2)CC1. The Morgan fingerprint density at radius 3 is 0.929 bits per heavy atom. The van der Waals surface area contributed by atoms with Crippen LogP contribution in [0.25, 0.3) is 22.3 Å². The zero-order chi connectivity index (χ0) is 89.6. The van der Waals surface area contributed by atoms with Crippen molar-refractivity contribution in [1.29, 1.82) is 0 Å². The fourth-order valence-electron chi connectivity index (χ4n) is 18.7. The number of carboxylic acids is 2. The van der Waals surface area contributed by atoms with Crippen LogP contribution in [-0.4, -0.2) is 161 Å². The van der Waals surface area contributed by atoms with Crippen molar-refractivity contribution in [2.24, 2.45) is 21.7 Å². The van der Waals surface area contributed by atoms with Gasteiger partial charge in [-0.2, -0.15) is 0 Å². The fourth-order valence-corrected chi connectivity index (χ4v) is 19.9. The van der Waals surface area contributed by atoms with Gasteiger partial charge in [0.1, 0.15) is 72.7 Å². The number of sulfonamides is 2. The summed E-state index contributed by atoms with van der Waals surface area (Å²) in [5.41, 5.74) is 18.5. The first-order valence-corrected chi connectivity index (χ1v) is 47.2. The lowest BCUT2D eigenvalue weighted by atomic mass is 9.81. The first-order chi connectivity index (χ1) is 60.1. The van der Waals surface area contributed by atoms with E-state index < -0.39 is 59.6 Å². The van der Waals surface area contributed by atoms with Gasteiger partial charge in [0.05, 0.1) is 34.2 Å². The van der Waals surface area contributed by atoms with Gasteiger partial charge >= 0.3 is 11.9 Å². The van der Waals surface area contributed by atoms with E-state index in [0.717, 1.165) is 228 Å². The van der Waals surface area contributed by atoms with Crippen LogP contribution in [0.3, 0.4) is 0 Å². The molecule has 1 aliphatic carbocycles. The zero-order valence-electron chi connectivity index (χ0n) is 72.9. The van der Waals surface area contributed by atoms with Crippen LogP contribution >= 0.6 is 0 Å². The van der Waals surface area contributed by atoms with Crippen LogP contribution in [-0.2, 0) is 65.7 Å². The average molecular weight is 1760 g/mol. The summed E-state index contributed by atoms with van der Waals surface area (Å²) in [5.74, 6) is -0.190. The third-order valence-electron chi connectivity index (χ3n) is 25.9. The van der Waals surface area contributed by atoms with Crippen molar-refractivity contribution in [3.8, 4) is 23.0 Å². The largest absolute Gasteiger partial charge is 0.488 e. The summed E-state index contributed by atoms with van der Waals surface area (Å²) < 4.78 is 130. The lowest BCUT2D eigenvalue weighted by Gasteiger charge is -2.37. The van der Waals surface area contributed by atoms with Crippen molar-refractivity contribution >= 4 is 66.1 Å². The summed E-state index contributed by atoms with van der Waals surface area (Å²) in [7, 11) is -7.16. The normalized spacial score (nSPS) is 17.7. The molecule has 4 N–H and O–H groups in total. The van der Waals surface area contributed by atoms with Crippen molar-refractivity contribution in [3.05, 3.63) is 282 Å². The number of benzene rings is 8. The van der Waals surface area contributed by atoms with Crippen LogP contribution in [0.4, 0.5) is 17.6 Å². The Labute approximate surface area is 736 Å². The monoisotopic (exact) mass is 1760 g/mol. The topological polar surface area (TPSA) is 251 Å². The van der Waals surface area contributed by atoms with E-state index in [9.17, 15) is 63.8 Å². The van der Waals surface area contributed by atoms with Crippen LogP contribution in [0, 0.1) is 44.9 Å². The lowest BCUT2D eigenvalue weighted by Crippen LogP contribution is -2.47. The van der Waals surface area contributed by atoms with Gasteiger partial charge < -0.3 is 48.8 Å². The number of likely N-dealkylation sites (tertiary alicyclic amines) is 4. The van der Waals surface area contributed by atoms with Crippen molar-refractivity contribution in [2.75, 3.05) is 91.0 Å². The number of hydrogen-bond acceptors (Lipinski definition) is 16. The average Bonchev–Trinajstić information content (AvgIpc) is 1.64. The molecule has 666 valence electrons. The van der Waals surface area contributed by atoms with Crippen molar-refractivity contribution in [1.82, 2.24) is 29.0 Å². The summed E-state index contributed by atoms with van der Waals surface area (Å²) in [4.78, 5) is 57.3. The maximum Gasteiger partial charge on any atom is 0.310 e. The standard InChI is InChI=1S/C26H30FNO3.C25H27FN2O4S.C25H29FN2O4S.C24H26FNO3/c1-3-26(4-2,25(29)30)17-28-13-11-18(12-14-28)24-21-10-9-20(27)15-19(21)16-31-23-8-6-5-7-22(23)24;1-33(30,31)27-24(29)25(10-11-25)16-28-12-8-17(9-13-28)23-20-7-6-19(26)14-18(20)15-32-22-5-3-2-4-21(22)23;1-25(2,24(29)27-33(3,30)31)16-28-12-10-17(11-13-28)23-20-9-8-19(26)14-18(20)15-32-22-7-5-4-6-21(22)23;1-24(2,23(27)28)15-26-11-9-16(10-12-26)22-19-8-7-18(25)13-17(19)14-29-21-6-4-3-5-20(21)22/h5-10,15H,3-4,11-14,16-17H2,1-2H3,(H,29,30);2-7,14H,8-13,15-16H2,1H3,(H,27,29);4-9,14H,10-13,15-16H2,1-3H3,(H,27,29);3-8,13H,9-12,14-15H2,1-2H3,(H,27,28). The van der Waals surface area contributed by atoms with Gasteiger partial charge in [0.2, 0.25) is 31.9 Å². The molecule has 5 fully saturated rings. The van der Waals surface area contributed by atoms with E-state index in [1.807, 2.05) is 117 Å². The molecule has 126 heavy (non-hydrogen) atoms. The minimum absolute atomic E-state index is 0.253. The van der Waals surface area contributed by atoms with E-state index in [1.54, 1.807) is 52.0 Å². The fraction of sp³-hybridized carbons (Fsp3) is 0.400. The Bertz CT molecular complexity index is 5650. The molecule has 8 aromatic carbocycles. The van der Waals surface area contributed by atoms with Crippen LogP contribution in [0.2, 0.25) is 0 Å². The highest BCUT2D eigenvalue weighted by molar-refractivity contribution is 7.89. The number of fused-ring (bicyclic) bond motifs is 8. The number of para-hydroxylation sites is 4. The number of carboxylic acid groups (broad SMARTS) is 2. The molecule has 0 spiro atoms. The number of ether oxygens (including phenoxy) is 4. The van der Waals surface area contributed by atoms with E-state index >= 15 is 0 Å². The van der Waals surface area contributed by atoms with Gasteiger partial charge in [-0.3, -0.25) is 28.6 Å². The summed E-state index contributed by atoms with van der Waals surface area (Å²) in [6.07, 6.45) is 11.4. The number of halogens is 4. The number of nitrogens with zero attached hydrogens (tertiary/aromatic N) is 4. The third kappa shape index (κ3) is 21.4. The predicted molar refractivity (Wildman–Crippen MR) is 479 cm³/mol. The van der Waals surface area contributed by atoms with Gasteiger partial charge in [0.15, 0.2) is 0 Å². The molecule has 2 amide bonds. The minimum atomic E-state index is -3.60. The smallest absolute Gasteiger partial charge is 0.310 e. The van der Waals surface area contributed by atoms with Gasteiger partial charge in [-0.25, -0.2) is 34.4 Å². The number of carbonyl (C=O) groups excluding carboxylic acids is 2. The molecule has 0 bridgehead atoms. The molecule has 0 atom stereocenters. The summed E-state index contributed by atoms with van der Waals surface area (Å²) in [6, 6.07) is 51.5. The molecule has 17 rings (SSSR count). The van der Waals surface area contributed by atoms with Crippen molar-refractivity contribution in [2.45, 2.75) is 145 Å². The van der Waals surface area contributed by atoms with E-state index in [0.29, 0.717) is 78.3 Å². The first kappa shape index (κ1) is 91.5. The molecule has 4 saturated heterocycles. The number of carbonyl (C=O) groups is 4. The van der Waals surface area contributed by atoms with Gasteiger partial charge in [0.25, 0.3) is 0 Å². The maximum absolute atomic E-state index is 14.0. The van der Waals surface area contributed by atoms with E-state index in [-0.39, 0.29) is 29.2 Å². The van der Waals surface area contributed by atoms with Crippen LogP contribution < -0.4 is 28.4 Å². The Morgan fingerprint density at radius 1 is 0.381 bits per heavy atom. The summed E-state index contributed by atoms with van der Waals surface area (Å²) in [6.45, 7) is 20.8. The number of rotatable bonds is 16. The highest BCUT2D eigenvalue weighted by atomic mass is 32.2. The molecule has 0 aromatic heterocycles. The first-order valence-electron chi connectivity index (χ1n) is 43.4. The molecule has 8 aliphatic heterocycles. The van der Waals surface area contributed by atoms with Crippen LogP contribution in [0.5, 0.6) is 23.0 Å². The number of amides is 2. The molecular weight excluding hydrogens is 1650 g/mol. The number of nitrogens with one attached hydrogen (secondary N) is 2. The zero-order valence-corrected chi connectivity index (χ0v) is 74.5. The molecule has 0 radical (unpaired) electrons. The molecule has 20 nitrogen and oxygen atoms in total. The van der Waals surface area contributed by atoms with E-state index in [4.69, 9.17) is 18.9 Å². The van der Waals surface area contributed by atoms with Crippen LogP contribution in [0.15, 0.2) is 192 Å². The molecule has 26 heteroatoms. The Balaban J connectivity index is 0.000000136. The molecule has 1 saturated carbocycles. The second-order valence-electron chi connectivity index (χ2n) is 35.9. The predicted octanol–water partition coefficient (Wildman–Crippen LogP) is 17.4. The van der Waals surface area contributed by atoms with Crippen molar-refractivity contribution < 1.29 is 82.7 Å². The number of aliphatic carboxylic acids is 2. The molecule has 9 aliphatic rings. The quantitative estimate of drug-likeness (QED) is 0.0656. The molecule has 8 heterocycles. The number of hydrogen-bond donors (Lipinski definition) is 4.